The van der Waals surface area contributed by atoms with Crippen LogP contribution in [-0.2, 0) is 7.05 Å². The van der Waals surface area contributed by atoms with Crippen molar-refractivity contribution in [3.8, 4) is 0 Å². The van der Waals surface area contributed by atoms with Gasteiger partial charge in [0.25, 0.3) is 0 Å². The molecule has 2 aromatic heterocycles. The first-order chi connectivity index (χ1) is 7.69. The average Bonchev–Trinajstić information content (AvgIpc) is 2.67. The molecule has 0 bridgehead atoms. The fourth-order valence-corrected chi connectivity index (χ4v) is 1.27. The van der Waals surface area contributed by atoms with Crippen molar-refractivity contribution < 1.29 is 0 Å². The lowest BCUT2D eigenvalue weighted by atomic mass is 10.5. The van der Waals surface area contributed by atoms with Crippen molar-refractivity contribution in [2.75, 3.05) is 10.7 Å². The minimum Gasteiger partial charge on any atom is -0.322 e. The van der Waals surface area contributed by atoms with Gasteiger partial charge in [0, 0.05) is 19.3 Å². The predicted octanol–water partition coefficient (Wildman–Crippen LogP) is 0.893. The Bertz CT molecular complexity index is 495. The van der Waals surface area contributed by atoms with Gasteiger partial charge in [-0.1, -0.05) is 11.6 Å². The number of anilines is 3. The van der Waals surface area contributed by atoms with Gasteiger partial charge in [0.05, 0.1) is 6.20 Å². The Morgan fingerprint density at radius 2 is 2.31 bits per heavy atom. The third-order valence-corrected chi connectivity index (χ3v) is 2.11. The topological polar surface area (TPSA) is 93.7 Å². The minimum absolute atomic E-state index is 0.280. The quantitative estimate of drug-likeness (QED) is 0.544. The Hall–Kier alpha value is -1.86. The standard InChI is InChI=1S/C8H10ClN7/c1-16-3-2-6(15-16)12-7-5(9)4-11-8(13-7)14-10/h2-4H,10H2,1H3,(H2,11,12,13,14,15). The summed E-state index contributed by atoms with van der Waals surface area (Å²) in [5.41, 5.74) is 2.34. The van der Waals surface area contributed by atoms with Crippen LogP contribution in [0.25, 0.3) is 0 Å². The maximum atomic E-state index is 5.92. The van der Waals surface area contributed by atoms with E-state index in [1.165, 1.54) is 6.20 Å². The fraction of sp³-hybridized carbons (Fsp3) is 0.125. The van der Waals surface area contributed by atoms with Crippen molar-refractivity contribution >= 4 is 29.2 Å². The van der Waals surface area contributed by atoms with Crippen LogP contribution in [0.2, 0.25) is 5.02 Å². The highest BCUT2D eigenvalue weighted by Crippen LogP contribution is 2.22. The SMILES string of the molecule is Cn1ccc(Nc2nc(NN)ncc2Cl)n1. The highest BCUT2D eigenvalue weighted by Gasteiger charge is 2.06. The summed E-state index contributed by atoms with van der Waals surface area (Å²) in [6.07, 6.45) is 3.26. The van der Waals surface area contributed by atoms with E-state index in [1.807, 2.05) is 7.05 Å². The lowest BCUT2D eigenvalue weighted by Gasteiger charge is -2.05. The molecule has 2 rings (SSSR count). The molecule has 0 fully saturated rings. The second-order valence-corrected chi connectivity index (χ2v) is 3.44. The van der Waals surface area contributed by atoms with Crippen molar-refractivity contribution in [1.29, 1.82) is 0 Å². The summed E-state index contributed by atoms with van der Waals surface area (Å²) in [5, 5.41) is 7.49. The molecule has 0 radical (unpaired) electrons. The number of aromatic nitrogens is 4. The molecule has 7 nitrogen and oxygen atoms in total. The van der Waals surface area contributed by atoms with Crippen LogP contribution in [0.15, 0.2) is 18.5 Å². The van der Waals surface area contributed by atoms with E-state index in [2.05, 4.69) is 25.8 Å². The van der Waals surface area contributed by atoms with Gasteiger partial charge in [-0.05, 0) is 0 Å². The van der Waals surface area contributed by atoms with Gasteiger partial charge in [0.15, 0.2) is 11.6 Å². The molecule has 2 aromatic rings. The Labute approximate surface area is 96.6 Å². The Morgan fingerprint density at radius 3 is 2.94 bits per heavy atom. The molecular weight excluding hydrogens is 230 g/mol. The summed E-state index contributed by atoms with van der Waals surface area (Å²) in [5.74, 6) is 6.57. The van der Waals surface area contributed by atoms with Crippen LogP contribution >= 0.6 is 11.6 Å². The van der Waals surface area contributed by atoms with Gasteiger partial charge >= 0.3 is 0 Å². The molecule has 0 aliphatic heterocycles. The Morgan fingerprint density at radius 1 is 1.50 bits per heavy atom. The first-order valence-electron chi connectivity index (χ1n) is 4.45. The number of hydrogen-bond donors (Lipinski definition) is 3. The summed E-state index contributed by atoms with van der Waals surface area (Å²) in [7, 11) is 1.82. The number of nitrogen functional groups attached to an aromatic ring is 1. The molecule has 4 N–H and O–H groups in total. The van der Waals surface area contributed by atoms with E-state index in [9.17, 15) is 0 Å². The molecule has 0 aromatic carbocycles. The third-order valence-electron chi connectivity index (χ3n) is 1.83. The van der Waals surface area contributed by atoms with Gasteiger partial charge in [0.1, 0.15) is 5.02 Å². The smallest absolute Gasteiger partial charge is 0.239 e. The zero-order chi connectivity index (χ0) is 11.5. The van der Waals surface area contributed by atoms with Gasteiger partial charge in [-0.15, -0.1) is 0 Å². The van der Waals surface area contributed by atoms with E-state index in [4.69, 9.17) is 17.4 Å². The maximum absolute atomic E-state index is 5.92. The van der Waals surface area contributed by atoms with Crippen LogP contribution in [0, 0.1) is 0 Å². The second kappa shape index (κ2) is 4.33. The number of hydrazine groups is 1. The number of nitrogens with two attached hydrogens (primary N) is 1. The molecule has 0 spiro atoms. The van der Waals surface area contributed by atoms with Crippen LogP contribution in [0.3, 0.4) is 0 Å². The van der Waals surface area contributed by atoms with Crippen molar-refractivity contribution in [3.63, 3.8) is 0 Å². The highest BCUT2D eigenvalue weighted by molar-refractivity contribution is 6.32. The zero-order valence-electron chi connectivity index (χ0n) is 8.48. The number of halogens is 1. The van der Waals surface area contributed by atoms with Crippen molar-refractivity contribution in [2.45, 2.75) is 0 Å². The van der Waals surface area contributed by atoms with Crippen LogP contribution < -0.4 is 16.6 Å². The molecule has 16 heavy (non-hydrogen) atoms. The second-order valence-electron chi connectivity index (χ2n) is 3.03. The molecule has 0 amide bonds. The highest BCUT2D eigenvalue weighted by atomic mass is 35.5. The van der Waals surface area contributed by atoms with E-state index in [0.29, 0.717) is 16.7 Å². The van der Waals surface area contributed by atoms with Crippen LogP contribution in [0.4, 0.5) is 17.6 Å². The maximum Gasteiger partial charge on any atom is 0.239 e. The molecule has 2 heterocycles. The summed E-state index contributed by atoms with van der Waals surface area (Å²) >= 11 is 5.92. The van der Waals surface area contributed by atoms with Crippen molar-refractivity contribution in [3.05, 3.63) is 23.5 Å². The van der Waals surface area contributed by atoms with E-state index in [0.717, 1.165) is 0 Å². The summed E-state index contributed by atoms with van der Waals surface area (Å²) < 4.78 is 1.67. The monoisotopic (exact) mass is 239 g/mol. The van der Waals surface area contributed by atoms with Gasteiger partial charge < -0.3 is 5.32 Å². The number of nitrogens with zero attached hydrogens (tertiary/aromatic N) is 4. The third kappa shape index (κ3) is 2.20. The van der Waals surface area contributed by atoms with Crippen LogP contribution in [-0.4, -0.2) is 19.7 Å². The lowest BCUT2D eigenvalue weighted by Crippen LogP contribution is -2.11. The summed E-state index contributed by atoms with van der Waals surface area (Å²) in [4.78, 5) is 7.92. The average molecular weight is 240 g/mol. The molecule has 0 saturated heterocycles. The zero-order valence-corrected chi connectivity index (χ0v) is 9.23. The lowest BCUT2D eigenvalue weighted by molar-refractivity contribution is 0.771. The molecular formula is C8H10ClN7. The van der Waals surface area contributed by atoms with E-state index in [1.54, 1.807) is 16.9 Å². The fourth-order valence-electron chi connectivity index (χ4n) is 1.13. The van der Waals surface area contributed by atoms with E-state index >= 15 is 0 Å². The van der Waals surface area contributed by atoms with E-state index in [-0.39, 0.29) is 5.95 Å². The molecule has 84 valence electrons. The van der Waals surface area contributed by atoms with Crippen molar-refractivity contribution in [1.82, 2.24) is 19.7 Å². The van der Waals surface area contributed by atoms with Crippen molar-refractivity contribution in [2.24, 2.45) is 12.9 Å². The predicted molar refractivity (Wildman–Crippen MR) is 61.3 cm³/mol. The molecule has 0 aliphatic rings. The van der Waals surface area contributed by atoms with Gasteiger partial charge in [-0.25, -0.2) is 10.8 Å². The van der Waals surface area contributed by atoms with Crippen LogP contribution in [0.1, 0.15) is 0 Å². The summed E-state index contributed by atoms with van der Waals surface area (Å²) in [6.45, 7) is 0. The molecule has 0 saturated carbocycles. The summed E-state index contributed by atoms with van der Waals surface area (Å²) in [6, 6.07) is 1.80. The minimum atomic E-state index is 0.280. The molecule has 8 heteroatoms. The molecule has 0 aliphatic carbocycles. The largest absolute Gasteiger partial charge is 0.322 e. The first-order valence-corrected chi connectivity index (χ1v) is 4.82. The number of rotatable bonds is 3. The number of aryl methyl sites for hydroxylation is 1. The molecule has 0 atom stereocenters. The normalized spacial score (nSPS) is 10.2. The number of hydrogen-bond acceptors (Lipinski definition) is 6. The van der Waals surface area contributed by atoms with Gasteiger partial charge in [-0.2, -0.15) is 10.1 Å². The Balaban J connectivity index is 2.26. The Kier molecular flexibility index (Phi) is 2.88. The van der Waals surface area contributed by atoms with Crippen LogP contribution in [0.5, 0.6) is 0 Å². The first kappa shape index (κ1) is 10.7. The van der Waals surface area contributed by atoms with E-state index < -0.39 is 0 Å². The van der Waals surface area contributed by atoms with Gasteiger partial charge in [0.2, 0.25) is 5.95 Å². The molecule has 0 unspecified atom stereocenters. The van der Waals surface area contributed by atoms with Gasteiger partial charge in [-0.3, -0.25) is 10.1 Å². The number of nitrogens with one attached hydrogen (secondary N) is 2.